The Hall–Kier alpha value is -0.310. The highest BCUT2D eigenvalue weighted by Crippen LogP contribution is 2.14. The molecule has 0 aliphatic heterocycles. The van der Waals surface area contributed by atoms with Gasteiger partial charge < -0.3 is 5.32 Å². The predicted molar refractivity (Wildman–Crippen MR) is 74.7 cm³/mol. The van der Waals surface area contributed by atoms with Crippen LogP contribution in [0.2, 0.25) is 5.02 Å². The average molecular weight is 275 g/mol. The van der Waals surface area contributed by atoms with Crippen molar-refractivity contribution in [3.63, 3.8) is 0 Å². The summed E-state index contributed by atoms with van der Waals surface area (Å²) in [7, 11) is 0. The lowest BCUT2D eigenvalue weighted by molar-refractivity contribution is 0.430. The monoisotopic (exact) mass is 274 g/mol. The minimum Gasteiger partial charge on any atom is -0.312 e. The van der Waals surface area contributed by atoms with Crippen LogP contribution in [0.5, 0.6) is 0 Å². The van der Waals surface area contributed by atoms with E-state index in [1.54, 1.807) is 12.4 Å². The number of alkyl halides is 1. The van der Waals surface area contributed by atoms with E-state index in [0.717, 1.165) is 36.0 Å². The Morgan fingerprint density at radius 2 is 2.24 bits per heavy atom. The van der Waals surface area contributed by atoms with Gasteiger partial charge in [0.2, 0.25) is 0 Å². The fraction of sp³-hybridized carbons (Fsp3) is 0.615. The minimum atomic E-state index is 0.665. The van der Waals surface area contributed by atoms with E-state index in [1.807, 2.05) is 6.07 Å². The van der Waals surface area contributed by atoms with Crippen molar-refractivity contribution in [2.45, 2.75) is 32.7 Å². The van der Waals surface area contributed by atoms with Gasteiger partial charge in [0.05, 0.1) is 5.02 Å². The summed E-state index contributed by atoms with van der Waals surface area (Å²) in [4.78, 5) is 3.97. The van der Waals surface area contributed by atoms with Gasteiger partial charge in [-0.15, -0.1) is 11.6 Å². The Labute approximate surface area is 114 Å². The number of rotatable bonds is 8. The van der Waals surface area contributed by atoms with Gasteiger partial charge in [-0.2, -0.15) is 0 Å². The van der Waals surface area contributed by atoms with Crippen LogP contribution in [0.1, 0.15) is 31.7 Å². The predicted octanol–water partition coefficient (Wildman–Crippen LogP) is 3.87. The van der Waals surface area contributed by atoms with E-state index >= 15 is 0 Å². The van der Waals surface area contributed by atoms with Crippen LogP contribution in [-0.2, 0) is 6.54 Å². The molecule has 0 bridgehead atoms. The summed E-state index contributed by atoms with van der Waals surface area (Å²) in [5, 5.41) is 4.17. The third-order valence-electron chi connectivity index (χ3n) is 2.82. The third-order valence-corrected chi connectivity index (χ3v) is 3.38. The van der Waals surface area contributed by atoms with Crippen molar-refractivity contribution in [2.75, 3.05) is 12.4 Å². The van der Waals surface area contributed by atoms with Crippen LogP contribution in [-0.4, -0.2) is 17.4 Å². The van der Waals surface area contributed by atoms with Crippen molar-refractivity contribution in [1.29, 1.82) is 0 Å². The van der Waals surface area contributed by atoms with Crippen molar-refractivity contribution in [1.82, 2.24) is 10.3 Å². The van der Waals surface area contributed by atoms with E-state index in [4.69, 9.17) is 23.2 Å². The standard InChI is InChI=1S/C13H20Cl2N2/c1-2-3-11(4-6-14)8-17-9-12-5-7-16-10-13(12)15/h5,7,10-11,17H,2-4,6,8-9H2,1H3. The normalized spacial score (nSPS) is 12.6. The Kier molecular flexibility index (Phi) is 7.58. The van der Waals surface area contributed by atoms with Gasteiger partial charge in [0, 0.05) is 24.8 Å². The first-order valence-electron chi connectivity index (χ1n) is 6.13. The smallest absolute Gasteiger partial charge is 0.0634 e. The third kappa shape index (κ3) is 5.71. The van der Waals surface area contributed by atoms with Gasteiger partial charge in [0.15, 0.2) is 0 Å². The zero-order valence-electron chi connectivity index (χ0n) is 10.3. The molecule has 0 fully saturated rings. The summed E-state index contributed by atoms with van der Waals surface area (Å²) in [5.41, 5.74) is 1.10. The molecule has 0 radical (unpaired) electrons. The molecule has 1 aromatic heterocycles. The summed E-state index contributed by atoms with van der Waals surface area (Å²) >= 11 is 11.8. The summed E-state index contributed by atoms with van der Waals surface area (Å²) < 4.78 is 0. The number of hydrogen-bond donors (Lipinski definition) is 1. The van der Waals surface area contributed by atoms with Gasteiger partial charge in [-0.05, 0) is 36.9 Å². The zero-order valence-corrected chi connectivity index (χ0v) is 11.8. The van der Waals surface area contributed by atoms with Crippen molar-refractivity contribution >= 4 is 23.2 Å². The highest BCUT2D eigenvalue weighted by atomic mass is 35.5. The molecule has 0 spiro atoms. The molecule has 1 N–H and O–H groups in total. The Balaban J connectivity index is 2.33. The van der Waals surface area contributed by atoms with Gasteiger partial charge >= 0.3 is 0 Å². The SMILES string of the molecule is CCCC(CCCl)CNCc1ccncc1Cl. The van der Waals surface area contributed by atoms with E-state index in [1.165, 1.54) is 12.8 Å². The molecule has 0 aliphatic carbocycles. The number of pyridine rings is 1. The molecule has 0 amide bonds. The highest BCUT2D eigenvalue weighted by molar-refractivity contribution is 6.31. The Morgan fingerprint density at radius 1 is 1.41 bits per heavy atom. The summed E-state index contributed by atoms with van der Waals surface area (Å²) in [6, 6.07) is 1.95. The van der Waals surface area contributed by atoms with E-state index in [9.17, 15) is 0 Å². The lowest BCUT2D eigenvalue weighted by atomic mass is 10.0. The number of aromatic nitrogens is 1. The summed E-state index contributed by atoms with van der Waals surface area (Å²) in [5.74, 6) is 1.40. The molecule has 0 saturated heterocycles. The van der Waals surface area contributed by atoms with Gasteiger partial charge in [0.1, 0.15) is 0 Å². The maximum Gasteiger partial charge on any atom is 0.0634 e. The lowest BCUT2D eigenvalue weighted by Crippen LogP contribution is -2.23. The molecule has 0 aromatic carbocycles. The topological polar surface area (TPSA) is 24.9 Å². The van der Waals surface area contributed by atoms with E-state index < -0.39 is 0 Å². The fourth-order valence-corrected chi connectivity index (χ4v) is 2.36. The molecule has 1 aromatic rings. The maximum absolute atomic E-state index is 6.04. The molecule has 1 heterocycles. The van der Waals surface area contributed by atoms with Crippen LogP contribution in [0.3, 0.4) is 0 Å². The van der Waals surface area contributed by atoms with Gasteiger partial charge in [-0.1, -0.05) is 24.9 Å². The number of nitrogens with zero attached hydrogens (tertiary/aromatic N) is 1. The Bertz CT molecular complexity index is 312. The van der Waals surface area contributed by atoms with E-state index in [2.05, 4.69) is 17.2 Å². The highest BCUT2D eigenvalue weighted by Gasteiger charge is 2.07. The molecule has 2 nitrogen and oxygen atoms in total. The molecular weight excluding hydrogens is 255 g/mol. The van der Waals surface area contributed by atoms with Gasteiger partial charge in [0.25, 0.3) is 0 Å². The zero-order chi connectivity index (χ0) is 12.5. The molecular formula is C13H20Cl2N2. The second kappa shape index (κ2) is 8.73. The average Bonchev–Trinajstić information content (AvgIpc) is 2.32. The van der Waals surface area contributed by atoms with Gasteiger partial charge in [-0.3, -0.25) is 4.98 Å². The maximum atomic E-state index is 6.04. The van der Waals surface area contributed by atoms with Crippen molar-refractivity contribution < 1.29 is 0 Å². The first-order chi connectivity index (χ1) is 8.27. The summed E-state index contributed by atoms with van der Waals surface area (Å²) in [6.45, 7) is 4.00. The quantitative estimate of drug-likeness (QED) is 0.728. The second-order valence-electron chi connectivity index (χ2n) is 4.23. The molecule has 17 heavy (non-hydrogen) atoms. The van der Waals surface area contributed by atoms with E-state index in [-0.39, 0.29) is 0 Å². The van der Waals surface area contributed by atoms with Crippen LogP contribution in [0.15, 0.2) is 18.5 Å². The van der Waals surface area contributed by atoms with Crippen molar-refractivity contribution in [3.05, 3.63) is 29.0 Å². The van der Waals surface area contributed by atoms with Crippen molar-refractivity contribution in [2.24, 2.45) is 5.92 Å². The molecule has 96 valence electrons. The van der Waals surface area contributed by atoms with Crippen LogP contribution in [0.4, 0.5) is 0 Å². The Morgan fingerprint density at radius 3 is 2.88 bits per heavy atom. The molecule has 4 heteroatoms. The first kappa shape index (κ1) is 14.7. The lowest BCUT2D eigenvalue weighted by Gasteiger charge is -2.15. The molecule has 0 saturated carbocycles. The molecule has 1 rings (SSSR count). The summed E-state index contributed by atoms with van der Waals surface area (Å²) in [6.07, 6.45) is 6.96. The number of hydrogen-bond acceptors (Lipinski definition) is 2. The molecule has 0 aliphatic rings. The van der Waals surface area contributed by atoms with Crippen LogP contribution >= 0.6 is 23.2 Å². The van der Waals surface area contributed by atoms with Crippen LogP contribution in [0.25, 0.3) is 0 Å². The second-order valence-corrected chi connectivity index (χ2v) is 5.02. The van der Waals surface area contributed by atoms with Crippen LogP contribution < -0.4 is 5.32 Å². The van der Waals surface area contributed by atoms with E-state index in [0.29, 0.717) is 5.92 Å². The molecule has 1 atom stereocenters. The van der Waals surface area contributed by atoms with Gasteiger partial charge in [-0.25, -0.2) is 0 Å². The number of nitrogens with one attached hydrogen (secondary N) is 1. The first-order valence-corrected chi connectivity index (χ1v) is 7.04. The van der Waals surface area contributed by atoms with Crippen LogP contribution in [0, 0.1) is 5.92 Å². The largest absolute Gasteiger partial charge is 0.312 e. The molecule has 1 unspecified atom stereocenters. The fourth-order valence-electron chi connectivity index (χ4n) is 1.87. The minimum absolute atomic E-state index is 0.665. The number of halogens is 2. The van der Waals surface area contributed by atoms with Crippen molar-refractivity contribution in [3.8, 4) is 0 Å².